The molecule has 7 heteroatoms. The number of nitrogens with two attached hydrogens (primary N) is 1. The zero-order valence-electron chi connectivity index (χ0n) is 17.0. The van der Waals surface area contributed by atoms with Crippen molar-refractivity contribution in [1.29, 1.82) is 0 Å². The van der Waals surface area contributed by atoms with Crippen LogP contribution in [-0.4, -0.2) is 20.9 Å². The van der Waals surface area contributed by atoms with Crippen LogP contribution < -0.4 is 15.8 Å². The van der Waals surface area contributed by atoms with E-state index in [0.29, 0.717) is 18.5 Å². The fourth-order valence-corrected chi connectivity index (χ4v) is 3.60. The number of nitrogens with one attached hydrogen (secondary N) is 2. The molecule has 0 bridgehead atoms. The van der Waals surface area contributed by atoms with E-state index in [2.05, 4.69) is 23.6 Å². The number of hydrogen-bond donors (Lipinski definition) is 3. The molecule has 4 N–H and O–H groups in total. The molecular weight excluding hydrogens is 398 g/mol. The van der Waals surface area contributed by atoms with Crippen molar-refractivity contribution in [2.45, 2.75) is 25.2 Å². The molecule has 0 aromatic heterocycles. The van der Waals surface area contributed by atoms with E-state index in [9.17, 15) is 13.2 Å². The molecular formula is C23H25N3O3S. The van der Waals surface area contributed by atoms with Gasteiger partial charge in [0.1, 0.15) is 0 Å². The van der Waals surface area contributed by atoms with E-state index in [0.717, 1.165) is 22.5 Å². The van der Waals surface area contributed by atoms with Crippen molar-refractivity contribution in [3.63, 3.8) is 0 Å². The number of sulfonamides is 1. The third-order valence-electron chi connectivity index (χ3n) is 5.00. The maximum Gasteiger partial charge on any atom is 0.253 e. The van der Waals surface area contributed by atoms with Gasteiger partial charge in [0.2, 0.25) is 10.0 Å². The molecule has 3 rings (SSSR count). The van der Waals surface area contributed by atoms with E-state index in [1.165, 1.54) is 17.7 Å². The molecule has 1 amide bonds. The van der Waals surface area contributed by atoms with E-state index in [4.69, 9.17) is 5.14 Å². The van der Waals surface area contributed by atoms with Gasteiger partial charge in [0.05, 0.1) is 16.1 Å². The third-order valence-corrected chi connectivity index (χ3v) is 5.93. The summed E-state index contributed by atoms with van der Waals surface area (Å²) in [5, 5.41) is 11.4. The second kappa shape index (κ2) is 9.11. The van der Waals surface area contributed by atoms with Gasteiger partial charge in [-0.2, -0.15) is 0 Å². The molecule has 3 aromatic rings. The highest BCUT2D eigenvalue weighted by Gasteiger charge is 2.12. The van der Waals surface area contributed by atoms with Gasteiger partial charge in [0.25, 0.3) is 5.91 Å². The molecule has 0 radical (unpaired) electrons. The maximum absolute atomic E-state index is 12.7. The highest BCUT2D eigenvalue weighted by molar-refractivity contribution is 7.89. The summed E-state index contributed by atoms with van der Waals surface area (Å²) in [7, 11) is -3.70. The van der Waals surface area contributed by atoms with Crippen LogP contribution in [0, 0.1) is 13.8 Å². The van der Waals surface area contributed by atoms with Crippen LogP contribution in [0.5, 0.6) is 0 Å². The van der Waals surface area contributed by atoms with Crippen molar-refractivity contribution in [1.82, 2.24) is 5.32 Å². The van der Waals surface area contributed by atoms with Crippen LogP contribution in [0.1, 0.15) is 27.0 Å². The lowest BCUT2D eigenvalue weighted by molar-refractivity contribution is 0.0955. The number of para-hydroxylation sites is 1. The normalized spacial score (nSPS) is 11.2. The van der Waals surface area contributed by atoms with Crippen LogP contribution >= 0.6 is 0 Å². The maximum atomic E-state index is 12.7. The lowest BCUT2D eigenvalue weighted by atomic mass is 10.1. The van der Waals surface area contributed by atoms with Gasteiger partial charge >= 0.3 is 0 Å². The minimum absolute atomic E-state index is 0.0710. The first-order chi connectivity index (χ1) is 14.3. The number of amides is 1. The molecule has 0 saturated carbocycles. The van der Waals surface area contributed by atoms with Gasteiger partial charge in [-0.1, -0.05) is 36.4 Å². The summed E-state index contributed by atoms with van der Waals surface area (Å²) in [5.41, 5.74) is 5.48. The molecule has 156 valence electrons. The van der Waals surface area contributed by atoms with E-state index < -0.39 is 10.0 Å². The fourth-order valence-electron chi connectivity index (χ4n) is 3.08. The molecule has 0 saturated heterocycles. The van der Waals surface area contributed by atoms with E-state index >= 15 is 0 Å². The van der Waals surface area contributed by atoms with Crippen molar-refractivity contribution in [3.05, 3.63) is 89.0 Å². The number of carbonyl (C=O) groups excluding carboxylic acids is 1. The number of anilines is 2. The van der Waals surface area contributed by atoms with Gasteiger partial charge in [0, 0.05) is 12.2 Å². The Bertz CT molecular complexity index is 1160. The van der Waals surface area contributed by atoms with Gasteiger partial charge in [-0.3, -0.25) is 4.79 Å². The molecule has 0 aliphatic rings. The van der Waals surface area contributed by atoms with E-state index in [-0.39, 0.29) is 10.8 Å². The Balaban J connectivity index is 1.65. The minimum atomic E-state index is -3.70. The molecule has 0 unspecified atom stereocenters. The molecule has 6 nitrogen and oxygen atoms in total. The van der Waals surface area contributed by atoms with Gasteiger partial charge < -0.3 is 10.6 Å². The summed E-state index contributed by atoms with van der Waals surface area (Å²) in [6.07, 6.45) is 0.573. The summed E-state index contributed by atoms with van der Waals surface area (Å²) in [6, 6.07) is 19.7. The smallest absolute Gasteiger partial charge is 0.253 e. The van der Waals surface area contributed by atoms with Crippen molar-refractivity contribution < 1.29 is 13.2 Å². The van der Waals surface area contributed by atoms with Gasteiger partial charge in [-0.15, -0.1) is 0 Å². The quantitative estimate of drug-likeness (QED) is 0.540. The topological polar surface area (TPSA) is 101 Å². The average molecular weight is 424 g/mol. The van der Waals surface area contributed by atoms with Crippen LogP contribution in [0.15, 0.2) is 71.6 Å². The van der Waals surface area contributed by atoms with Crippen LogP contribution in [0.4, 0.5) is 11.4 Å². The van der Waals surface area contributed by atoms with Crippen molar-refractivity contribution in [2.24, 2.45) is 5.14 Å². The summed E-state index contributed by atoms with van der Waals surface area (Å²) in [4.78, 5) is 12.8. The highest BCUT2D eigenvalue weighted by atomic mass is 32.2. The largest absolute Gasteiger partial charge is 0.355 e. The van der Waals surface area contributed by atoms with Crippen LogP contribution in [0.2, 0.25) is 0 Å². The lowest BCUT2D eigenvalue weighted by Gasteiger charge is -2.15. The Morgan fingerprint density at radius 1 is 0.900 bits per heavy atom. The molecule has 0 fully saturated rings. The average Bonchev–Trinajstić information content (AvgIpc) is 2.71. The van der Waals surface area contributed by atoms with Crippen molar-refractivity contribution in [3.8, 4) is 0 Å². The molecule has 0 heterocycles. The number of primary sulfonamides is 1. The Hall–Kier alpha value is -3.16. The van der Waals surface area contributed by atoms with Gasteiger partial charge in [-0.25, -0.2) is 13.6 Å². The van der Waals surface area contributed by atoms with Crippen LogP contribution in [-0.2, 0) is 16.4 Å². The number of aryl methyl sites for hydroxylation is 1. The second-order valence-corrected chi connectivity index (χ2v) is 8.67. The number of benzene rings is 3. The molecule has 30 heavy (non-hydrogen) atoms. The molecule has 0 atom stereocenters. The zero-order chi connectivity index (χ0) is 21.7. The van der Waals surface area contributed by atoms with E-state index in [1.54, 1.807) is 18.2 Å². The Morgan fingerprint density at radius 3 is 2.27 bits per heavy atom. The van der Waals surface area contributed by atoms with Crippen molar-refractivity contribution >= 4 is 27.3 Å². The summed E-state index contributed by atoms with van der Waals surface area (Å²) >= 11 is 0. The van der Waals surface area contributed by atoms with Crippen LogP contribution in [0.3, 0.4) is 0 Å². The molecule has 0 spiro atoms. The SMILES string of the molecule is Cc1cccc(Nc2ccccc2C(=O)NCCc2ccc(S(N)(=O)=O)cc2)c1C. The second-order valence-electron chi connectivity index (χ2n) is 7.11. The predicted molar refractivity (Wildman–Crippen MR) is 119 cm³/mol. The minimum Gasteiger partial charge on any atom is -0.355 e. The zero-order valence-corrected chi connectivity index (χ0v) is 17.8. The third kappa shape index (κ3) is 5.25. The molecule has 3 aromatic carbocycles. The monoisotopic (exact) mass is 423 g/mol. The highest BCUT2D eigenvalue weighted by Crippen LogP contribution is 2.25. The van der Waals surface area contributed by atoms with Gasteiger partial charge in [-0.05, 0) is 67.3 Å². The van der Waals surface area contributed by atoms with E-state index in [1.807, 2.05) is 37.3 Å². The Kier molecular flexibility index (Phi) is 6.54. The molecule has 0 aliphatic carbocycles. The molecule has 0 aliphatic heterocycles. The lowest BCUT2D eigenvalue weighted by Crippen LogP contribution is -2.26. The number of hydrogen-bond acceptors (Lipinski definition) is 4. The first kappa shape index (κ1) is 21.5. The summed E-state index contributed by atoms with van der Waals surface area (Å²) < 4.78 is 22.6. The Labute approximate surface area is 177 Å². The Morgan fingerprint density at radius 2 is 1.57 bits per heavy atom. The summed E-state index contributed by atoms with van der Waals surface area (Å²) in [6.45, 7) is 4.52. The predicted octanol–water partition coefficient (Wildman–Crippen LogP) is 3.67. The standard InChI is InChI=1S/C23H25N3O3S/c1-16-6-5-9-21(17(16)2)26-22-8-4-3-7-20(22)23(27)25-15-14-18-10-12-19(13-11-18)30(24,28)29/h3-13,26H,14-15H2,1-2H3,(H,25,27)(H2,24,28,29). The van der Waals surface area contributed by atoms with Crippen LogP contribution in [0.25, 0.3) is 0 Å². The first-order valence-electron chi connectivity index (χ1n) is 9.58. The van der Waals surface area contributed by atoms with Gasteiger partial charge in [0.15, 0.2) is 0 Å². The summed E-state index contributed by atoms with van der Waals surface area (Å²) in [5.74, 6) is -0.176. The number of rotatable bonds is 7. The fraction of sp³-hybridized carbons (Fsp3) is 0.174. The first-order valence-corrected chi connectivity index (χ1v) is 11.1. The van der Waals surface area contributed by atoms with Crippen molar-refractivity contribution in [2.75, 3.05) is 11.9 Å². The number of carbonyl (C=O) groups is 1.